The van der Waals surface area contributed by atoms with Crippen molar-refractivity contribution in [3.05, 3.63) is 35.9 Å². The largest absolute Gasteiger partial charge is 0.472 e. The van der Waals surface area contributed by atoms with Crippen LogP contribution in [-0.4, -0.2) is 40.1 Å². The Hall–Kier alpha value is -2.15. The number of ether oxygens (including phenoxy) is 1. The summed E-state index contributed by atoms with van der Waals surface area (Å²) in [5.41, 5.74) is 0.572. The van der Waals surface area contributed by atoms with Crippen LogP contribution in [0.15, 0.2) is 27.5 Å². The van der Waals surface area contributed by atoms with E-state index in [0.29, 0.717) is 23.8 Å². The lowest BCUT2D eigenvalue weighted by molar-refractivity contribution is -0.0153. The lowest BCUT2D eigenvalue weighted by Crippen LogP contribution is -2.43. The maximum absolute atomic E-state index is 12.3. The van der Waals surface area contributed by atoms with Gasteiger partial charge in [0.05, 0.1) is 17.9 Å². The second kappa shape index (κ2) is 6.09. The first-order valence-electron chi connectivity index (χ1n) is 6.94. The molecule has 7 heteroatoms. The van der Waals surface area contributed by atoms with Crippen molar-refractivity contribution in [2.45, 2.75) is 32.5 Å². The number of aryl methyl sites for hydroxylation is 1. The minimum absolute atomic E-state index is 0.0122. The topological polar surface area (TPSA) is 81.6 Å². The molecule has 2 aromatic heterocycles. The van der Waals surface area contributed by atoms with Crippen molar-refractivity contribution in [2.24, 2.45) is 0 Å². The van der Waals surface area contributed by atoms with Gasteiger partial charge in [-0.05, 0) is 25.8 Å². The zero-order valence-electron chi connectivity index (χ0n) is 11.8. The Morgan fingerprint density at radius 1 is 1.57 bits per heavy atom. The first-order valence-corrected chi connectivity index (χ1v) is 6.94. The molecule has 3 heterocycles. The molecule has 2 aromatic rings. The molecule has 3 rings (SSSR count). The molecule has 7 nitrogen and oxygen atoms in total. The van der Waals surface area contributed by atoms with Gasteiger partial charge in [0.15, 0.2) is 5.82 Å². The average molecular weight is 291 g/mol. The van der Waals surface area contributed by atoms with Crippen LogP contribution >= 0.6 is 0 Å². The number of aromatic nitrogens is 2. The molecular weight excluding hydrogens is 274 g/mol. The van der Waals surface area contributed by atoms with E-state index < -0.39 is 0 Å². The van der Waals surface area contributed by atoms with Gasteiger partial charge in [0.1, 0.15) is 12.9 Å². The van der Waals surface area contributed by atoms with Gasteiger partial charge in [0, 0.05) is 13.1 Å². The summed E-state index contributed by atoms with van der Waals surface area (Å²) in [6.45, 7) is 3.35. The molecule has 112 valence electrons. The lowest BCUT2D eigenvalue weighted by Gasteiger charge is -2.32. The number of rotatable bonds is 4. The maximum Gasteiger partial charge on any atom is 0.257 e. The van der Waals surface area contributed by atoms with Crippen molar-refractivity contribution in [3.8, 4) is 0 Å². The molecule has 0 radical (unpaired) electrons. The molecule has 0 aliphatic carbocycles. The Labute approximate surface area is 121 Å². The van der Waals surface area contributed by atoms with E-state index in [-0.39, 0.29) is 18.6 Å². The summed E-state index contributed by atoms with van der Waals surface area (Å²) in [4.78, 5) is 18.1. The van der Waals surface area contributed by atoms with E-state index in [1.54, 1.807) is 17.9 Å². The van der Waals surface area contributed by atoms with Gasteiger partial charge >= 0.3 is 0 Å². The summed E-state index contributed by atoms with van der Waals surface area (Å²) in [7, 11) is 0. The predicted octanol–water partition coefficient (Wildman–Crippen LogP) is 1.79. The fourth-order valence-corrected chi connectivity index (χ4v) is 2.42. The molecule has 21 heavy (non-hydrogen) atoms. The van der Waals surface area contributed by atoms with E-state index in [0.717, 1.165) is 19.4 Å². The molecule has 0 bridgehead atoms. The van der Waals surface area contributed by atoms with Crippen LogP contribution in [0.5, 0.6) is 0 Å². The number of nitrogens with zero attached hydrogens (tertiary/aromatic N) is 3. The zero-order chi connectivity index (χ0) is 14.7. The van der Waals surface area contributed by atoms with E-state index >= 15 is 0 Å². The van der Waals surface area contributed by atoms with Crippen molar-refractivity contribution < 1.29 is 18.5 Å². The van der Waals surface area contributed by atoms with Gasteiger partial charge in [0.2, 0.25) is 0 Å². The molecule has 1 saturated heterocycles. The quantitative estimate of drug-likeness (QED) is 0.854. The number of amides is 1. The van der Waals surface area contributed by atoms with Gasteiger partial charge in [-0.25, -0.2) is 0 Å². The van der Waals surface area contributed by atoms with Crippen LogP contribution in [-0.2, 0) is 11.3 Å². The number of likely N-dealkylation sites (tertiary alicyclic amines) is 1. The van der Waals surface area contributed by atoms with E-state index in [1.165, 1.54) is 12.5 Å². The molecule has 1 aliphatic rings. The highest BCUT2D eigenvalue weighted by atomic mass is 16.5. The summed E-state index contributed by atoms with van der Waals surface area (Å²) < 4.78 is 15.7. The highest BCUT2D eigenvalue weighted by Gasteiger charge is 2.25. The van der Waals surface area contributed by atoms with Crippen LogP contribution < -0.4 is 0 Å². The maximum atomic E-state index is 12.3. The van der Waals surface area contributed by atoms with Gasteiger partial charge in [-0.2, -0.15) is 4.98 Å². The van der Waals surface area contributed by atoms with Gasteiger partial charge in [0.25, 0.3) is 11.8 Å². The summed E-state index contributed by atoms with van der Waals surface area (Å²) in [5, 5.41) is 3.72. The summed E-state index contributed by atoms with van der Waals surface area (Å²) in [6.07, 6.45) is 4.79. The molecule has 0 spiro atoms. The Bertz CT molecular complexity index is 593. The van der Waals surface area contributed by atoms with Crippen molar-refractivity contribution in [2.75, 3.05) is 13.1 Å². The first-order chi connectivity index (χ1) is 10.2. The Morgan fingerprint density at radius 3 is 3.19 bits per heavy atom. The number of furan rings is 1. The van der Waals surface area contributed by atoms with E-state index in [1.807, 2.05) is 0 Å². The summed E-state index contributed by atoms with van der Waals surface area (Å²) >= 11 is 0. The molecule has 1 fully saturated rings. The molecule has 0 saturated carbocycles. The average Bonchev–Trinajstić information content (AvgIpc) is 3.16. The number of hydrogen-bond acceptors (Lipinski definition) is 6. The Kier molecular flexibility index (Phi) is 4.01. The number of carbonyl (C=O) groups is 1. The van der Waals surface area contributed by atoms with Crippen LogP contribution in [0.1, 0.15) is 34.9 Å². The van der Waals surface area contributed by atoms with Gasteiger partial charge in [-0.15, -0.1) is 0 Å². The van der Waals surface area contributed by atoms with Crippen LogP contribution in [0.2, 0.25) is 0 Å². The van der Waals surface area contributed by atoms with Crippen molar-refractivity contribution in [1.82, 2.24) is 15.0 Å². The van der Waals surface area contributed by atoms with Crippen molar-refractivity contribution in [1.29, 1.82) is 0 Å². The smallest absolute Gasteiger partial charge is 0.257 e. The number of carbonyl (C=O) groups excluding carboxylic acids is 1. The van der Waals surface area contributed by atoms with Crippen LogP contribution in [0, 0.1) is 6.92 Å². The summed E-state index contributed by atoms with van der Waals surface area (Å²) in [6, 6.07) is 1.67. The molecule has 1 amide bonds. The van der Waals surface area contributed by atoms with Gasteiger partial charge < -0.3 is 18.6 Å². The number of hydrogen-bond donors (Lipinski definition) is 0. The van der Waals surface area contributed by atoms with Gasteiger partial charge in [-0.3, -0.25) is 4.79 Å². The lowest BCUT2D eigenvalue weighted by atomic mass is 10.1. The van der Waals surface area contributed by atoms with E-state index in [2.05, 4.69) is 10.1 Å². The minimum Gasteiger partial charge on any atom is -0.472 e. The molecular formula is C14H17N3O4. The molecule has 1 atom stereocenters. The van der Waals surface area contributed by atoms with Gasteiger partial charge in [-0.1, -0.05) is 5.16 Å². The van der Waals surface area contributed by atoms with Crippen molar-refractivity contribution >= 4 is 5.91 Å². The second-order valence-corrected chi connectivity index (χ2v) is 5.07. The predicted molar refractivity (Wildman–Crippen MR) is 71.5 cm³/mol. The molecule has 1 unspecified atom stereocenters. The Morgan fingerprint density at radius 2 is 2.48 bits per heavy atom. The fourth-order valence-electron chi connectivity index (χ4n) is 2.42. The fraction of sp³-hybridized carbons (Fsp3) is 0.500. The standard InChI is InChI=1S/C14H17N3O4/c1-10-15-13(21-16-10)9-20-12-3-2-5-17(7-12)14(18)11-4-6-19-8-11/h4,6,8,12H,2-3,5,7,9H2,1H3. The third-order valence-electron chi connectivity index (χ3n) is 3.45. The van der Waals surface area contributed by atoms with Crippen LogP contribution in [0.25, 0.3) is 0 Å². The van der Waals surface area contributed by atoms with Crippen molar-refractivity contribution in [3.63, 3.8) is 0 Å². The Balaban J connectivity index is 1.54. The molecule has 0 aromatic carbocycles. The van der Waals surface area contributed by atoms with E-state index in [9.17, 15) is 4.79 Å². The highest BCUT2D eigenvalue weighted by Crippen LogP contribution is 2.17. The summed E-state index contributed by atoms with van der Waals surface area (Å²) in [5.74, 6) is 1.03. The molecule has 0 N–H and O–H groups in total. The third-order valence-corrected chi connectivity index (χ3v) is 3.45. The highest BCUT2D eigenvalue weighted by molar-refractivity contribution is 5.93. The zero-order valence-corrected chi connectivity index (χ0v) is 11.8. The van der Waals surface area contributed by atoms with Crippen LogP contribution in [0.3, 0.4) is 0 Å². The minimum atomic E-state index is -0.0225. The SMILES string of the molecule is Cc1noc(COC2CCCN(C(=O)c3ccoc3)C2)n1. The first kappa shape index (κ1) is 13.8. The van der Waals surface area contributed by atoms with Crippen LogP contribution in [0.4, 0.5) is 0 Å². The molecule has 1 aliphatic heterocycles. The monoisotopic (exact) mass is 291 g/mol. The number of piperidine rings is 1. The normalized spacial score (nSPS) is 18.9. The third kappa shape index (κ3) is 3.30. The second-order valence-electron chi connectivity index (χ2n) is 5.07. The van der Waals surface area contributed by atoms with E-state index in [4.69, 9.17) is 13.7 Å².